The van der Waals surface area contributed by atoms with Gasteiger partial charge >= 0.3 is 5.97 Å². The largest absolute Gasteiger partial charge is 0.508 e. The monoisotopic (exact) mass is 306 g/mol. The van der Waals surface area contributed by atoms with Crippen molar-refractivity contribution in [3.05, 3.63) is 60.0 Å². The van der Waals surface area contributed by atoms with E-state index in [0.29, 0.717) is 16.9 Å². The van der Waals surface area contributed by atoms with Crippen molar-refractivity contribution in [2.75, 3.05) is 0 Å². The Hall–Kier alpha value is -3.66. The molecule has 0 unspecified atom stereocenters. The van der Waals surface area contributed by atoms with Gasteiger partial charge in [-0.3, -0.25) is 0 Å². The molecule has 0 aliphatic carbocycles. The third-order valence-corrected chi connectivity index (χ3v) is 3.25. The summed E-state index contributed by atoms with van der Waals surface area (Å²) in [4.78, 5) is 15.1. The van der Waals surface area contributed by atoms with Gasteiger partial charge in [0.25, 0.3) is 0 Å². The molecule has 7 heteroatoms. The molecule has 0 bridgehead atoms. The predicted octanol–water partition coefficient (Wildman–Crippen LogP) is 2.21. The quantitative estimate of drug-likeness (QED) is 0.767. The molecule has 0 aliphatic heterocycles. The molecule has 0 saturated heterocycles. The highest BCUT2D eigenvalue weighted by atomic mass is 16.4. The van der Waals surface area contributed by atoms with Crippen LogP contribution in [0.2, 0.25) is 0 Å². The standard InChI is InChI=1S/C16H10N4O3/c17-6-11-5-15(20-9-12(7-19-20)16(22)23)18-8-14(11)10-1-3-13(21)4-2-10/h1-5,7-9,21H,(H,22,23). The molecule has 0 saturated carbocycles. The molecule has 0 aliphatic rings. The summed E-state index contributed by atoms with van der Waals surface area (Å²) in [6.45, 7) is 0. The van der Waals surface area contributed by atoms with Crippen LogP contribution in [0.4, 0.5) is 0 Å². The number of aromatic carboxylic acids is 1. The Morgan fingerprint density at radius 2 is 1.96 bits per heavy atom. The van der Waals surface area contributed by atoms with Gasteiger partial charge in [-0.05, 0) is 17.7 Å². The highest BCUT2D eigenvalue weighted by Gasteiger charge is 2.11. The number of rotatable bonds is 3. The Kier molecular flexibility index (Phi) is 3.49. The maximum atomic E-state index is 10.9. The van der Waals surface area contributed by atoms with Gasteiger partial charge in [0, 0.05) is 24.0 Å². The van der Waals surface area contributed by atoms with Crippen molar-refractivity contribution in [1.29, 1.82) is 5.26 Å². The molecule has 3 rings (SSSR count). The SMILES string of the molecule is N#Cc1cc(-n2cc(C(=O)O)cn2)ncc1-c1ccc(O)cc1. The van der Waals surface area contributed by atoms with Gasteiger partial charge in [0.15, 0.2) is 5.82 Å². The van der Waals surface area contributed by atoms with Crippen LogP contribution in [0, 0.1) is 11.3 Å². The number of benzene rings is 1. The van der Waals surface area contributed by atoms with Gasteiger partial charge in [-0.25, -0.2) is 14.5 Å². The van der Waals surface area contributed by atoms with Crippen LogP contribution in [0.15, 0.2) is 48.9 Å². The fourth-order valence-electron chi connectivity index (χ4n) is 2.09. The first-order chi connectivity index (χ1) is 11.1. The van der Waals surface area contributed by atoms with Gasteiger partial charge in [0.1, 0.15) is 5.75 Å². The van der Waals surface area contributed by atoms with Gasteiger partial charge in [-0.15, -0.1) is 0 Å². The zero-order chi connectivity index (χ0) is 16.4. The lowest BCUT2D eigenvalue weighted by molar-refractivity contribution is 0.0697. The van der Waals surface area contributed by atoms with E-state index in [9.17, 15) is 15.2 Å². The fraction of sp³-hybridized carbons (Fsp3) is 0. The normalized spacial score (nSPS) is 10.2. The van der Waals surface area contributed by atoms with E-state index in [1.807, 2.05) is 0 Å². The van der Waals surface area contributed by atoms with Crippen LogP contribution in [-0.2, 0) is 0 Å². The minimum absolute atomic E-state index is 0.0351. The summed E-state index contributed by atoms with van der Waals surface area (Å²) in [6.07, 6.45) is 4.05. The zero-order valence-corrected chi connectivity index (χ0v) is 11.7. The number of phenols is 1. The molecule has 2 aromatic heterocycles. The Morgan fingerprint density at radius 1 is 1.22 bits per heavy atom. The molecule has 112 valence electrons. The Morgan fingerprint density at radius 3 is 2.57 bits per heavy atom. The Labute approximate surface area is 130 Å². The van der Waals surface area contributed by atoms with E-state index in [0.717, 1.165) is 5.56 Å². The molecule has 7 nitrogen and oxygen atoms in total. The van der Waals surface area contributed by atoms with Crippen LogP contribution in [-0.4, -0.2) is 30.9 Å². The van der Waals surface area contributed by atoms with Gasteiger partial charge in [-0.2, -0.15) is 10.4 Å². The summed E-state index contributed by atoms with van der Waals surface area (Å²) < 4.78 is 1.30. The molecule has 0 fully saturated rings. The average Bonchev–Trinajstić information content (AvgIpc) is 3.05. The fourth-order valence-corrected chi connectivity index (χ4v) is 2.09. The molecule has 0 atom stereocenters. The summed E-state index contributed by atoms with van der Waals surface area (Å²) in [7, 11) is 0. The van der Waals surface area contributed by atoms with Gasteiger partial charge < -0.3 is 10.2 Å². The molecular weight excluding hydrogens is 296 g/mol. The second kappa shape index (κ2) is 5.61. The third-order valence-electron chi connectivity index (χ3n) is 3.25. The molecule has 0 spiro atoms. The van der Waals surface area contributed by atoms with Crippen molar-refractivity contribution >= 4 is 5.97 Å². The maximum absolute atomic E-state index is 10.9. The number of carboxylic acid groups (broad SMARTS) is 1. The third kappa shape index (κ3) is 2.73. The van der Waals surface area contributed by atoms with Crippen molar-refractivity contribution in [2.45, 2.75) is 0 Å². The summed E-state index contributed by atoms with van der Waals surface area (Å²) in [5, 5.41) is 31.5. The molecule has 2 N–H and O–H groups in total. The van der Waals surface area contributed by atoms with E-state index in [2.05, 4.69) is 16.2 Å². The lowest BCUT2D eigenvalue weighted by Crippen LogP contribution is -2.00. The Bertz CT molecular complexity index is 923. The minimum atomic E-state index is -1.09. The van der Waals surface area contributed by atoms with Crippen LogP contribution in [0.5, 0.6) is 5.75 Å². The van der Waals surface area contributed by atoms with Crippen molar-refractivity contribution < 1.29 is 15.0 Å². The number of carbonyl (C=O) groups is 1. The molecule has 0 radical (unpaired) electrons. The molecule has 3 aromatic rings. The van der Waals surface area contributed by atoms with Crippen LogP contribution < -0.4 is 0 Å². The van der Waals surface area contributed by atoms with Crippen molar-refractivity contribution in [3.8, 4) is 28.8 Å². The highest BCUT2D eigenvalue weighted by Crippen LogP contribution is 2.25. The van der Waals surface area contributed by atoms with Crippen LogP contribution >= 0.6 is 0 Å². The lowest BCUT2D eigenvalue weighted by atomic mass is 10.0. The Balaban J connectivity index is 2.04. The highest BCUT2D eigenvalue weighted by molar-refractivity contribution is 5.87. The second-order valence-electron chi connectivity index (χ2n) is 4.73. The average molecular weight is 306 g/mol. The molecule has 1 aromatic carbocycles. The van der Waals surface area contributed by atoms with Crippen LogP contribution in [0.25, 0.3) is 16.9 Å². The van der Waals surface area contributed by atoms with E-state index >= 15 is 0 Å². The van der Waals surface area contributed by atoms with E-state index in [-0.39, 0.29) is 11.3 Å². The van der Waals surface area contributed by atoms with Crippen molar-refractivity contribution in [2.24, 2.45) is 0 Å². The van der Waals surface area contributed by atoms with E-state index < -0.39 is 5.97 Å². The number of nitrogens with zero attached hydrogens (tertiary/aromatic N) is 4. The van der Waals surface area contributed by atoms with Crippen LogP contribution in [0.3, 0.4) is 0 Å². The van der Waals surface area contributed by atoms with Crippen molar-refractivity contribution in [1.82, 2.24) is 14.8 Å². The maximum Gasteiger partial charge on any atom is 0.338 e. The first-order valence-electron chi connectivity index (χ1n) is 6.56. The van der Waals surface area contributed by atoms with Crippen molar-refractivity contribution in [3.63, 3.8) is 0 Å². The summed E-state index contributed by atoms with van der Waals surface area (Å²) in [5.41, 5.74) is 1.76. The van der Waals surface area contributed by atoms with E-state index in [1.165, 1.54) is 41.5 Å². The zero-order valence-electron chi connectivity index (χ0n) is 11.7. The first kappa shape index (κ1) is 14.3. The summed E-state index contributed by atoms with van der Waals surface area (Å²) >= 11 is 0. The molecule has 0 amide bonds. The molecule has 23 heavy (non-hydrogen) atoms. The number of aromatic hydroxyl groups is 1. The number of hydrogen-bond donors (Lipinski definition) is 2. The number of carboxylic acids is 1. The first-order valence-corrected chi connectivity index (χ1v) is 6.56. The summed E-state index contributed by atoms with van der Waals surface area (Å²) in [5.74, 6) is -0.608. The van der Waals surface area contributed by atoms with Crippen LogP contribution in [0.1, 0.15) is 15.9 Å². The number of aromatic nitrogens is 3. The topological polar surface area (TPSA) is 112 Å². The number of pyridine rings is 1. The molecule has 2 heterocycles. The smallest absolute Gasteiger partial charge is 0.338 e. The lowest BCUT2D eigenvalue weighted by Gasteiger charge is -2.07. The number of hydrogen-bond acceptors (Lipinski definition) is 5. The molecular formula is C16H10N4O3. The number of nitriles is 1. The van der Waals surface area contributed by atoms with E-state index in [4.69, 9.17) is 5.11 Å². The van der Waals surface area contributed by atoms with Gasteiger partial charge in [-0.1, -0.05) is 12.1 Å². The second-order valence-corrected chi connectivity index (χ2v) is 4.73. The van der Waals surface area contributed by atoms with E-state index in [1.54, 1.807) is 12.1 Å². The van der Waals surface area contributed by atoms with Gasteiger partial charge in [0.2, 0.25) is 0 Å². The number of phenolic OH excluding ortho intramolecular Hbond substituents is 1. The summed E-state index contributed by atoms with van der Waals surface area (Å²) in [6, 6.07) is 10.0. The van der Waals surface area contributed by atoms with Gasteiger partial charge in [0.05, 0.1) is 23.4 Å². The predicted molar refractivity (Wildman–Crippen MR) is 80.1 cm³/mol. The minimum Gasteiger partial charge on any atom is -0.508 e.